The summed E-state index contributed by atoms with van der Waals surface area (Å²) in [5.41, 5.74) is 4.89. The van der Waals surface area contributed by atoms with Gasteiger partial charge in [-0.2, -0.15) is 15.4 Å². The van der Waals surface area contributed by atoms with E-state index in [4.69, 9.17) is 0 Å². The molecule has 0 unspecified atom stereocenters. The highest BCUT2D eigenvalue weighted by Crippen LogP contribution is 2.27. The van der Waals surface area contributed by atoms with Gasteiger partial charge in [0.25, 0.3) is 5.56 Å². The van der Waals surface area contributed by atoms with Crippen LogP contribution in [0.2, 0.25) is 0 Å². The Morgan fingerprint density at radius 1 is 1.12 bits per heavy atom. The number of H-pyrrole nitrogens is 1. The van der Waals surface area contributed by atoms with Gasteiger partial charge in [-0.3, -0.25) is 14.2 Å². The number of rotatable bonds is 7. The summed E-state index contributed by atoms with van der Waals surface area (Å²) in [6.07, 6.45) is 2.60. The van der Waals surface area contributed by atoms with Crippen molar-refractivity contribution in [2.45, 2.75) is 26.7 Å². The minimum absolute atomic E-state index is 0. The third-order valence-electron chi connectivity index (χ3n) is 5.49. The van der Waals surface area contributed by atoms with Crippen LogP contribution in [0.25, 0.3) is 16.7 Å². The quantitative estimate of drug-likeness (QED) is 0.356. The van der Waals surface area contributed by atoms with Crippen LogP contribution >= 0.6 is 24.8 Å². The SMILES string of the molecule is CNC(=O)Cc1cc2n[nH]nc2c(-n2c(C)cnc(NCCc3ccccc3)c2=O)c1C.Cl.Cl. The van der Waals surface area contributed by atoms with Crippen molar-refractivity contribution in [1.82, 2.24) is 30.3 Å². The van der Waals surface area contributed by atoms with Gasteiger partial charge in [-0.15, -0.1) is 24.8 Å². The van der Waals surface area contributed by atoms with Gasteiger partial charge in [-0.05, 0) is 43.0 Å². The molecule has 0 aliphatic carbocycles. The lowest BCUT2D eigenvalue weighted by Gasteiger charge is -2.17. The molecule has 9 nitrogen and oxygen atoms in total. The van der Waals surface area contributed by atoms with E-state index < -0.39 is 0 Å². The lowest BCUT2D eigenvalue weighted by molar-refractivity contribution is -0.119. The van der Waals surface area contributed by atoms with Crippen LogP contribution in [0.5, 0.6) is 0 Å². The molecule has 2 aromatic heterocycles. The molecule has 0 aliphatic rings. The number of carbonyl (C=O) groups excluding carboxylic acids is 1. The number of amides is 1. The van der Waals surface area contributed by atoms with Gasteiger partial charge in [0.2, 0.25) is 5.91 Å². The monoisotopic (exact) mass is 503 g/mol. The van der Waals surface area contributed by atoms with Crippen LogP contribution in [0.1, 0.15) is 22.4 Å². The maximum absolute atomic E-state index is 13.4. The maximum Gasteiger partial charge on any atom is 0.298 e. The lowest BCUT2D eigenvalue weighted by atomic mass is 10.0. The normalized spacial score (nSPS) is 10.3. The van der Waals surface area contributed by atoms with Crippen LogP contribution < -0.4 is 16.2 Å². The highest BCUT2D eigenvalue weighted by molar-refractivity contribution is 5.88. The number of nitrogens with one attached hydrogen (secondary N) is 3. The van der Waals surface area contributed by atoms with E-state index in [1.807, 2.05) is 50.2 Å². The van der Waals surface area contributed by atoms with Gasteiger partial charge in [-0.25, -0.2) is 4.98 Å². The fourth-order valence-corrected chi connectivity index (χ4v) is 3.74. The van der Waals surface area contributed by atoms with Crippen LogP contribution in [0.3, 0.4) is 0 Å². The third-order valence-corrected chi connectivity index (χ3v) is 5.49. The molecule has 4 rings (SSSR count). The van der Waals surface area contributed by atoms with Crippen LogP contribution in [0.4, 0.5) is 5.82 Å². The second kappa shape index (κ2) is 11.6. The number of anilines is 1. The number of fused-ring (bicyclic) bond motifs is 1. The Balaban J connectivity index is 0.00000204. The molecule has 3 N–H and O–H groups in total. The second-order valence-corrected chi connectivity index (χ2v) is 7.60. The van der Waals surface area contributed by atoms with Gasteiger partial charge < -0.3 is 10.6 Å². The van der Waals surface area contributed by atoms with Crippen molar-refractivity contribution in [2.75, 3.05) is 18.9 Å². The largest absolute Gasteiger partial charge is 0.365 e. The summed E-state index contributed by atoms with van der Waals surface area (Å²) in [5, 5.41) is 16.9. The Hall–Kier alpha value is -3.43. The summed E-state index contributed by atoms with van der Waals surface area (Å²) >= 11 is 0. The summed E-state index contributed by atoms with van der Waals surface area (Å²) in [5.74, 6) is 0.142. The summed E-state index contributed by atoms with van der Waals surface area (Å²) in [6.45, 7) is 4.28. The van der Waals surface area contributed by atoms with Crippen molar-refractivity contribution in [3.05, 3.63) is 75.3 Å². The number of hydrogen-bond acceptors (Lipinski definition) is 6. The maximum atomic E-state index is 13.4. The third kappa shape index (κ3) is 5.37. The number of benzene rings is 2. The summed E-state index contributed by atoms with van der Waals surface area (Å²) in [6, 6.07) is 11.9. The molecule has 0 saturated carbocycles. The summed E-state index contributed by atoms with van der Waals surface area (Å²) < 4.78 is 1.59. The van der Waals surface area contributed by atoms with E-state index in [-0.39, 0.29) is 48.5 Å². The van der Waals surface area contributed by atoms with Gasteiger partial charge in [0.1, 0.15) is 11.0 Å². The molecule has 1 amide bonds. The molecule has 4 aromatic rings. The standard InChI is InChI=1S/C23H25N7O2.2ClH/c1-14-13-26-22(25-10-9-16-7-5-4-6-8-16)23(32)30(14)21-15(2)17(12-19(31)24-3)11-18-20(21)28-29-27-18;;/h4-8,11,13H,9-10,12H2,1-3H3,(H,24,31)(H,25,26)(H,27,28,29);2*1H. The number of carbonyl (C=O) groups is 1. The Bertz CT molecular complexity index is 1340. The molecule has 0 bridgehead atoms. The van der Waals surface area contributed by atoms with Gasteiger partial charge in [0, 0.05) is 25.5 Å². The molecular weight excluding hydrogens is 477 g/mol. The Kier molecular flexibility index (Phi) is 9.17. The van der Waals surface area contributed by atoms with E-state index in [1.54, 1.807) is 17.8 Å². The molecule has 0 atom stereocenters. The van der Waals surface area contributed by atoms with E-state index in [9.17, 15) is 9.59 Å². The van der Waals surface area contributed by atoms with Crippen molar-refractivity contribution in [3.63, 3.8) is 0 Å². The average molecular weight is 504 g/mol. The van der Waals surface area contributed by atoms with E-state index in [1.165, 1.54) is 5.56 Å². The van der Waals surface area contributed by atoms with Crippen LogP contribution in [0.15, 0.2) is 47.4 Å². The van der Waals surface area contributed by atoms with E-state index in [0.29, 0.717) is 29.0 Å². The highest BCUT2D eigenvalue weighted by atomic mass is 35.5. The number of likely N-dealkylation sites (N-methyl/N-ethyl adjacent to an activating group) is 1. The first-order valence-corrected chi connectivity index (χ1v) is 10.4. The topological polar surface area (TPSA) is 118 Å². The van der Waals surface area contributed by atoms with Gasteiger partial charge in [0.15, 0.2) is 5.82 Å². The lowest BCUT2D eigenvalue weighted by Crippen LogP contribution is -2.27. The zero-order valence-electron chi connectivity index (χ0n) is 19.1. The van der Waals surface area contributed by atoms with Crippen molar-refractivity contribution >= 4 is 47.6 Å². The van der Waals surface area contributed by atoms with Crippen LogP contribution in [0, 0.1) is 13.8 Å². The molecule has 180 valence electrons. The summed E-state index contributed by atoms with van der Waals surface area (Å²) in [7, 11) is 1.60. The van der Waals surface area contributed by atoms with Crippen LogP contribution in [-0.2, 0) is 17.6 Å². The van der Waals surface area contributed by atoms with E-state index >= 15 is 0 Å². The predicted octanol–water partition coefficient (Wildman–Crippen LogP) is 2.91. The number of hydrogen-bond donors (Lipinski definition) is 3. The molecule has 2 heterocycles. The molecule has 0 aliphatic heterocycles. The zero-order valence-corrected chi connectivity index (χ0v) is 20.7. The van der Waals surface area contributed by atoms with E-state index in [0.717, 1.165) is 17.5 Å². The van der Waals surface area contributed by atoms with E-state index in [2.05, 4.69) is 31.0 Å². The molecule has 0 radical (unpaired) electrons. The number of nitrogens with zero attached hydrogens (tertiary/aromatic N) is 4. The van der Waals surface area contributed by atoms with Crippen molar-refractivity contribution in [2.24, 2.45) is 0 Å². The van der Waals surface area contributed by atoms with Gasteiger partial charge in [0.05, 0.1) is 12.1 Å². The minimum Gasteiger partial charge on any atom is -0.365 e. The summed E-state index contributed by atoms with van der Waals surface area (Å²) in [4.78, 5) is 29.8. The number of aryl methyl sites for hydroxylation is 1. The average Bonchev–Trinajstić information content (AvgIpc) is 3.26. The molecule has 0 fully saturated rings. The molecule has 11 heteroatoms. The Morgan fingerprint density at radius 2 is 1.85 bits per heavy atom. The van der Waals surface area contributed by atoms with Crippen molar-refractivity contribution in [1.29, 1.82) is 0 Å². The minimum atomic E-state index is -0.275. The zero-order chi connectivity index (χ0) is 22.7. The highest BCUT2D eigenvalue weighted by Gasteiger charge is 2.20. The van der Waals surface area contributed by atoms with Gasteiger partial charge in [-0.1, -0.05) is 30.3 Å². The predicted molar refractivity (Wildman–Crippen MR) is 138 cm³/mol. The Labute approximate surface area is 209 Å². The molecule has 34 heavy (non-hydrogen) atoms. The molecule has 2 aromatic carbocycles. The first-order valence-electron chi connectivity index (χ1n) is 10.4. The van der Waals surface area contributed by atoms with Gasteiger partial charge >= 0.3 is 0 Å². The fourth-order valence-electron chi connectivity index (χ4n) is 3.74. The molecular formula is C23H27Cl2N7O2. The molecule has 0 saturated heterocycles. The fraction of sp³-hybridized carbons (Fsp3) is 0.261. The molecule has 0 spiro atoms. The first kappa shape index (κ1) is 26.8. The Morgan fingerprint density at radius 3 is 2.56 bits per heavy atom. The number of halogens is 2. The number of aromatic nitrogens is 5. The number of aromatic amines is 1. The first-order chi connectivity index (χ1) is 15.5. The van der Waals surface area contributed by atoms with Crippen molar-refractivity contribution < 1.29 is 4.79 Å². The smallest absolute Gasteiger partial charge is 0.298 e. The van der Waals surface area contributed by atoms with Crippen LogP contribution in [-0.4, -0.2) is 44.5 Å². The second-order valence-electron chi connectivity index (χ2n) is 7.60. The van der Waals surface area contributed by atoms with Crippen molar-refractivity contribution in [3.8, 4) is 5.69 Å².